The van der Waals surface area contributed by atoms with Crippen LogP contribution in [0.2, 0.25) is 0 Å². The smallest absolute Gasteiger partial charge is 0.0987 e. The number of pyridine rings is 3. The van der Waals surface area contributed by atoms with Crippen LogP contribution in [0.4, 0.5) is 11.4 Å². The van der Waals surface area contributed by atoms with E-state index in [0.29, 0.717) is 0 Å². The Kier molecular flexibility index (Phi) is 6.07. The number of nitrogens with zero attached hydrogens (tertiary/aromatic N) is 5. The van der Waals surface area contributed by atoms with Gasteiger partial charge in [0.2, 0.25) is 0 Å². The highest BCUT2D eigenvalue weighted by Gasteiger charge is 2.20. The monoisotopic (exact) mass is 513 g/mol. The normalized spacial score (nSPS) is 14.9. The summed E-state index contributed by atoms with van der Waals surface area (Å²) in [6.07, 6.45) is 7.36. The van der Waals surface area contributed by atoms with Gasteiger partial charge in [-0.25, -0.2) is 9.98 Å². The Morgan fingerprint density at radius 1 is 0.375 bits per heavy atom. The third-order valence-electron chi connectivity index (χ3n) is 6.89. The first kappa shape index (κ1) is 23.6. The Balaban J connectivity index is 1.34. The van der Waals surface area contributed by atoms with Gasteiger partial charge in [0.1, 0.15) is 0 Å². The third-order valence-corrected chi connectivity index (χ3v) is 6.89. The molecule has 6 aromatic rings. The molecule has 5 heteroatoms. The van der Waals surface area contributed by atoms with Crippen molar-refractivity contribution in [3.05, 3.63) is 162 Å². The molecule has 3 aromatic heterocycles. The van der Waals surface area contributed by atoms with Crippen LogP contribution in [0.25, 0.3) is 22.4 Å². The van der Waals surface area contributed by atoms with E-state index in [-0.39, 0.29) is 0 Å². The summed E-state index contributed by atoms with van der Waals surface area (Å²) in [6.45, 7) is 0. The summed E-state index contributed by atoms with van der Waals surface area (Å²) >= 11 is 0. The van der Waals surface area contributed by atoms with Crippen LogP contribution < -0.4 is 0 Å². The van der Waals surface area contributed by atoms with Gasteiger partial charge in [-0.2, -0.15) is 0 Å². The summed E-state index contributed by atoms with van der Waals surface area (Å²) in [7, 11) is 0. The molecule has 188 valence electrons. The average molecular weight is 514 g/mol. The molecule has 0 saturated heterocycles. The number of rotatable bonds is 4. The SMILES string of the molecule is c1ccc(-c2ccc(/C3=N/c4ccccc4/C(c4ccc(-c5cccnc5)nc4)=N\c4ccccc43)nc2)cc1. The van der Waals surface area contributed by atoms with E-state index in [0.717, 1.165) is 67.6 Å². The molecule has 0 bridgehead atoms. The second kappa shape index (κ2) is 10.3. The lowest BCUT2D eigenvalue weighted by Crippen LogP contribution is -2.11. The number of hydrogen-bond donors (Lipinski definition) is 0. The lowest BCUT2D eigenvalue weighted by atomic mass is 9.97. The van der Waals surface area contributed by atoms with E-state index in [1.807, 2.05) is 97.5 Å². The van der Waals surface area contributed by atoms with Crippen molar-refractivity contribution in [3.63, 3.8) is 0 Å². The van der Waals surface area contributed by atoms with E-state index in [1.54, 1.807) is 6.20 Å². The minimum absolute atomic E-state index is 0.788. The largest absolute Gasteiger partial charge is 0.264 e. The van der Waals surface area contributed by atoms with Crippen LogP contribution in [0, 0.1) is 0 Å². The van der Waals surface area contributed by atoms with Crippen LogP contribution in [-0.2, 0) is 0 Å². The van der Waals surface area contributed by atoms with Crippen LogP contribution in [0.5, 0.6) is 0 Å². The van der Waals surface area contributed by atoms with E-state index < -0.39 is 0 Å². The van der Waals surface area contributed by atoms with Gasteiger partial charge >= 0.3 is 0 Å². The molecular formula is C35H23N5. The van der Waals surface area contributed by atoms with E-state index in [4.69, 9.17) is 20.0 Å². The van der Waals surface area contributed by atoms with Crippen molar-refractivity contribution in [2.24, 2.45) is 9.98 Å². The Labute approximate surface area is 232 Å². The fourth-order valence-electron chi connectivity index (χ4n) is 4.87. The predicted molar refractivity (Wildman–Crippen MR) is 161 cm³/mol. The number of benzene rings is 3. The molecule has 0 fully saturated rings. The molecule has 7 rings (SSSR count). The highest BCUT2D eigenvalue weighted by Crippen LogP contribution is 2.33. The van der Waals surface area contributed by atoms with Crippen LogP contribution >= 0.6 is 0 Å². The lowest BCUT2D eigenvalue weighted by molar-refractivity contribution is 1.26. The highest BCUT2D eigenvalue weighted by molar-refractivity contribution is 6.22. The Bertz CT molecular complexity index is 1720. The molecule has 0 amide bonds. The van der Waals surface area contributed by atoms with Crippen LogP contribution in [0.15, 0.2) is 150 Å². The first-order valence-electron chi connectivity index (χ1n) is 13.1. The molecule has 0 aliphatic carbocycles. The Morgan fingerprint density at radius 2 is 0.975 bits per heavy atom. The van der Waals surface area contributed by atoms with Gasteiger partial charge in [-0.3, -0.25) is 15.0 Å². The maximum Gasteiger partial charge on any atom is 0.0987 e. The van der Waals surface area contributed by atoms with Crippen molar-refractivity contribution in [1.82, 2.24) is 15.0 Å². The Hall–Kier alpha value is -5.55. The Morgan fingerprint density at radius 3 is 1.65 bits per heavy atom. The maximum atomic E-state index is 5.21. The van der Waals surface area contributed by atoms with E-state index in [1.165, 1.54) is 0 Å². The molecule has 0 radical (unpaired) electrons. The lowest BCUT2D eigenvalue weighted by Gasteiger charge is -2.17. The first-order valence-corrected chi connectivity index (χ1v) is 13.1. The van der Waals surface area contributed by atoms with Gasteiger partial charge in [-0.15, -0.1) is 0 Å². The second-order valence-corrected chi connectivity index (χ2v) is 9.43. The van der Waals surface area contributed by atoms with Gasteiger partial charge in [0.05, 0.1) is 34.2 Å². The van der Waals surface area contributed by atoms with Crippen molar-refractivity contribution in [1.29, 1.82) is 0 Å². The molecule has 1 aliphatic rings. The van der Waals surface area contributed by atoms with E-state index in [9.17, 15) is 0 Å². The molecule has 40 heavy (non-hydrogen) atoms. The zero-order chi connectivity index (χ0) is 26.7. The molecule has 3 aromatic carbocycles. The average Bonchev–Trinajstić information content (AvgIpc) is 3.03. The number of aromatic nitrogens is 3. The van der Waals surface area contributed by atoms with Crippen molar-refractivity contribution in [3.8, 4) is 22.4 Å². The maximum absolute atomic E-state index is 5.21. The van der Waals surface area contributed by atoms with Crippen molar-refractivity contribution < 1.29 is 0 Å². The molecule has 0 unspecified atom stereocenters. The molecule has 0 spiro atoms. The number of para-hydroxylation sites is 2. The fraction of sp³-hybridized carbons (Fsp3) is 0. The third kappa shape index (κ3) is 4.50. The summed E-state index contributed by atoms with van der Waals surface area (Å²) in [5.74, 6) is 0. The quantitative estimate of drug-likeness (QED) is 0.241. The van der Waals surface area contributed by atoms with Crippen molar-refractivity contribution in [2.75, 3.05) is 0 Å². The molecular weight excluding hydrogens is 490 g/mol. The van der Waals surface area contributed by atoms with Crippen LogP contribution in [0.3, 0.4) is 0 Å². The zero-order valence-electron chi connectivity index (χ0n) is 21.5. The van der Waals surface area contributed by atoms with Gasteiger partial charge in [0.15, 0.2) is 0 Å². The van der Waals surface area contributed by atoms with Gasteiger partial charge in [0.25, 0.3) is 0 Å². The number of aliphatic imine (C=N–C) groups is 2. The minimum atomic E-state index is 0.788. The van der Waals surface area contributed by atoms with Crippen molar-refractivity contribution in [2.45, 2.75) is 0 Å². The molecule has 4 heterocycles. The summed E-state index contributed by atoms with van der Waals surface area (Å²) in [5, 5.41) is 0. The van der Waals surface area contributed by atoms with Gasteiger partial charge < -0.3 is 0 Å². The van der Waals surface area contributed by atoms with Crippen LogP contribution in [-0.4, -0.2) is 26.4 Å². The summed E-state index contributed by atoms with van der Waals surface area (Å²) in [6, 6.07) is 38.6. The topological polar surface area (TPSA) is 63.4 Å². The second-order valence-electron chi connectivity index (χ2n) is 9.43. The van der Waals surface area contributed by atoms with E-state index in [2.05, 4.69) is 41.4 Å². The molecule has 1 aliphatic heterocycles. The van der Waals surface area contributed by atoms with Gasteiger partial charge in [-0.05, 0) is 48.0 Å². The molecule has 0 saturated carbocycles. The van der Waals surface area contributed by atoms with Gasteiger partial charge in [0, 0.05) is 52.6 Å². The fourth-order valence-corrected chi connectivity index (χ4v) is 4.87. The molecule has 0 atom stereocenters. The van der Waals surface area contributed by atoms with Crippen LogP contribution in [0.1, 0.15) is 22.4 Å². The molecule has 0 N–H and O–H groups in total. The zero-order valence-corrected chi connectivity index (χ0v) is 21.5. The predicted octanol–water partition coefficient (Wildman–Crippen LogP) is 7.86. The summed E-state index contributed by atoms with van der Waals surface area (Å²) in [4.78, 5) is 24.2. The van der Waals surface area contributed by atoms with Crippen molar-refractivity contribution >= 4 is 22.8 Å². The first-order chi connectivity index (χ1) is 19.8. The highest BCUT2D eigenvalue weighted by atomic mass is 14.9. The summed E-state index contributed by atoms with van der Waals surface area (Å²) in [5.41, 5.74) is 10.9. The number of hydrogen-bond acceptors (Lipinski definition) is 5. The van der Waals surface area contributed by atoms with Gasteiger partial charge in [-0.1, -0.05) is 72.8 Å². The standard InChI is InChI=1S/C35H23N5/c1-2-9-24(10-3-1)25-16-19-33(38-22-25)35-29-13-5-7-15-32(29)39-34(28-12-4-6-14-31(28)40-35)27-17-18-30(37-23-27)26-11-8-20-36-21-26/h1-23H/b34-28?,35-29?,39-32?,39-34-,40-31?,40-35+. The molecule has 5 nitrogen and oxygen atoms in total. The minimum Gasteiger partial charge on any atom is -0.264 e. The van der Waals surface area contributed by atoms with E-state index >= 15 is 0 Å². The summed E-state index contributed by atoms with van der Waals surface area (Å²) < 4.78 is 0. The number of fused-ring (bicyclic) bond motifs is 2.